The minimum absolute atomic E-state index is 0.116. The zero-order chi connectivity index (χ0) is 11.3. The molecule has 15 heavy (non-hydrogen) atoms. The van der Waals surface area contributed by atoms with Gasteiger partial charge in [-0.15, -0.1) is 0 Å². The number of amides is 1. The molecule has 1 aromatic heterocycles. The van der Waals surface area contributed by atoms with Crippen LogP contribution in [0.4, 0.5) is 0 Å². The molecule has 0 spiro atoms. The molecule has 1 rings (SSSR count). The Hall–Kier alpha value is -1.16. The van der Waals surface area contributed by atoms with Crippen molar-refractivity contribution in [3.8, 4) is 0 Å². The summed E-state index contributed by atoms with van der Waals surface area (Å²) in [6.07, 6.45) is 3.77. The maximum absolute atomic E-state index is 11.9. The molecule has 1 aromatic rings. The van der Waals surface area contributed by atoms with Crippen molar-refractivity contribution < 1.29 is 4.79 Å². The minimum atomic E-state index is -0.116. The van der Waals surface area contributed by atoms with Crippen LogP contribution in [0.2, 0.25) is 5.15 Å². The van der Waals surface area contributed by atoms with Gasteiger partial charge in [-0.3, -0.25) is 9.78 Å². The summed E-state index contributed by atoms with van der Waals surface area (Å²) in [4.78, 5) is 21.4. The summed E-state index contributed by atoms with van der Waals surface area (Å²) in [5.74, 6) is -0.116. The van der Waals surface area contributed by atoms with Gasteiger partial charge in [0, 0.05) is 13.1 Å². The van der Waals surface area contributed by atoms with Crippen molar-refractivity contribution in [2.45, 2.75) is 20.3 Å². The summed E-state index contributed by atoms with van der Waals surface area (Å²) in [5, 5.41) is 0.244. The number of carbonyl (C=O) groups excluding carboxylic acids is 1. The average molecular weight is 228 g/mol. The lowest BCUT2D eigenvalue weighted by Gasteiger charge is -2.19. The Morgan fingerprint density at radius 1 is 1.47 bits per heavy atom. The second-order valence-corrected chi connectivity index (χ2v) is 3.50. The molecule has 0 atom stereocenters. The Labute approximate surface area is 94.3 Å². The summed E-state index contributed by atoms with van der Waals surface area (Å²) in [7, 11) is 0. The molecule has 0 fully saturated rings. The molecule has 0 radical (unpaired) electrons. The van der Waals surface area contributed by atoms with Gasteiger partial charge in [0.1, 0.15) is 10.8 Å². The third kappa shape index (κ3) is 3.16. The zero-order valence-electron chi connectivity index (χ0n) is 8.90. The highest BCUT2D eigenvalue weighted by Crippen LogP contribution is 2.06. The van der Waals surface area contributed by atoms with E-state index in [1.165, 1.54) is 12.4 Å². The van der Waals surface area contributed by atoms with Crippen molar-refractivity contribution in [1.29, 1.82) is 0 Å². The molecular formula is C10H14ClN3O. The molecule has 4 nitrogen and oxygen atoms in total. The van der Waals surface area contributed by atoms with Gasteiger partial charge in [-0.1, -0.05) is 18.5 Å². The lowest BCUT2D eigenvalue weighted by molar-refractivity contribution is 0.0758. The number of aromatic nitrogens is 2. The Bertz CT molecular complexity index is 343. The second kappa shape index (κ2) is 5.66. The van der Waals surface area contributed by atoms with Gasteiger partial charge in [0.2, 0.25) is 0 Å². The molecule has 82 valence electrons. The van der Waals surface area contributed by atoms with Crippen LogP contribution in [0, 0.1) is 0 Å². The molecule has 1 amide bonds. The SMILES string of the molecule is CCCN(CC)C(=O)c1cncc(Cl)n1. The minimum Gasteiger partial charge on any atom is -0.338 e. The van der Waals surface area contributed by atoms with Crippen LogP contribution in [0.25, 0.3) is 0 Å². The first-order valence-electron chi connectivity index (χ1n) is 4.95. The van der Waals surface area contributed by atoms with Crippen molar-refractivity contribution >= 4 is 17.5 Å². The molecule has 5 heteroatoms. The maximum Gasteiger partial charge on any atom is 0.274 e. The van der Waals surface area contributed by atoms with Crippen molar-refractivity contribution in [3.63, 3.8) is 0 Å². The largest absolute Gasteiger partial charge is 0.338 e. The van der Waals surface area contributed by atoms with Crippen LogP contribution in [0.15, 0.2) is 12.4 Å². The molecule has 1 heterocycles. The Kier molecular flexibility index (Phi) is 4.49. The number of hydrogen-bond acceptors (Lipinski definition) is 3. The van der Waals surface area contributed by atoms with Gasteiger partial charge in [0.25, 0.3) is 5.91 Å². The van der Waals surface area contributed by atoms with Crippen LogP contribution in [-0.2, 0) is 0 Å². The van der Waals surface area contributed by atoms with Crippen molar-refractivity contribution in [3.05, 3.63) is 23.2 Å². The summed E-state index contributed by atoms with van der Waals surface area (Å²) >= 11 is 5.67. The van der Waals surface area contributed by atoms with Crippen molar-refractivity contribution in [2.24, 2.45) is 0 Å². The van der Waals surface area contributed by atoms with Gasteiger partial charge in [-0.25, -0.2) is 4.98 Å². The smallest absolute Gasteiger partial charge is 0.274 e. The van der Waals surface area contributed by atoms with Gasteiger partial charge in [-0.2, -0.15) is 0 Å². The molecule has 0 unspecified atom stereocenters. The third-order valence-electron chi connectivity index (χ3n) is 1.99. The number of hydrogen-bond donors (Lipinski definition) is 0. The van der Waals surface area contributed by atoms with E-state index in [1.54, 1.807) is 4.90 Å². The van der Waals surface area contributed by atoms with Crippen LogP contribution in [0.1, 0.15) is 30.8 Å². The van der Waals surface area contributed by atoms with E-state index in [4.69, 9.17) is 11.6 Å². The fourth-order valence-electron chi connectivity index (χ4n) is 1.28. The average Bonchev–Trinajstić information content (AvgIpc) is 2.25. The third-order valence-corrected chi connectivity index (χ3v) is 2.17. The normalized spacial score (nSPS) is 10.1. The fraction of sp³-hybridized carbons (Fsp3) is 0.500. The van der Waals surface area contributed by atoms with Gasteiger partial charge >= 0.3 is 0 Å². The standard InChI is InChI=1S/C10H14ClN3O/c1-3-5-14(4-2)10(15)8-6-12-7-9(11)13-8/h6-7H,3-5H2,1-2H3. The van der Waals surface area contributed by atoms with Gasteiger partial charge in [-0.05, 0) is 13.3 Å². The Balaban J connectivity index is 2.82. The van der Waals surface area contributed by atoms with Crippen LogP contribution >= 0.6 is 11.6 Å². The first-order chi connectivity index (χ1) is 7.19. The highest BCUT2D eigenvalue weighted by atomic mass is 35.5. The van der Waals surface area contributed by atoms with Crippen LogP contribution in [0.3, 0.4) is 0 Å². The maximum atomic E-state index is 11.9. The predicted molar refractivity (Wildman–Crippen MR) is 58.9 cm³/mol. The number of carbonyl (C=O) groups is 1. The second-order valence-electron chi connectivity index (χ2n) is 3.11. The highest BCUT2D eigenvalue weighted by Gasteiger charge is 2.14. The zero-order valence-corrected chi connectivity index (χ0v) is 9.66. The van der Waals surface area contributed by atoms with Crippen molar-refractivity contribution in [2.75, 3.05) is 13.1 Å². The molecule has 0 bridgehead atoms. The van der Waals surface area contributed by atoms with E-state index < -0.39 is 0 Å². The van der Waals surface area contributed by atoms with Gasteiger partial charge in [0.05, 0.1) is 12.4 Å². The summed E-state index contributed by atoms with van der Waals surface area (Å²) < 4.78 is 0. The lowest BCUT2D eigenvalue weighted by atomic mass is 10.3. The van der Waals surface area contributed by atoms with Crippen molar-refractivity contribution in [1.82, 2.24) is 14.9 Å². The quantitative estimate of drug-likeness (QED) is 0.791. The fourth-order valence-corrected chi connectivity index (χ4v) is 1.43. The van der Waals surface area contributed by atoms with E-state index >= 15 is 0 Å². The molecule has 0 aliphatic carbocycles. The number of rotatable bonds is 4. The van der Waals surface area contributed by atoms with Crippen LogP contribution in [0.5, 0.6) is 0 Å². The lowest BCUT2D eigenvalue weighted by Crippen LogP contribution is -2.32. The first-order valence-corrected chi connectivity index (χ1v) is 5.33. The van der Waals surface area contributed by atoms with E-state index in [-0.39, 0.29) is 11.1 Å². The molecular weight excluding hydrogens is 214 g/mol. The van der Waals surface area contributed by atoms with Gasteiger partial charge in [0.15, 0.2) is 0 Å². The van der Waals surface area contributed by atoms with Crippen LogP contribution in [-0.4, -0.2) is 33.9 Å². The number of halogens is 1. The summed E-state index contributed by atoms with van der Waals surface area (Å²) in [5.41, 5.74) is 0.304. The monoisotopic (exact) mass is 227 g/mol. The summed E-state index contributed by atoms with van der Waals surface area (Å²) in [6, 6.07) is 0. The van der Waals surface area contributed by atoms with Gasteiger partial charge < -0.3 is 4.90 Å². The topological polar surface area (TPSA) is 46.1 Å². The molecule has 0 N–H and O–H groups in total. The van der Waals surface area contributed by atoms with Crippen LogP contribution < -0.4 is 0 Å². The Morgan fingerprint density at radius 3 is 2.73 bits per heavy atom. The first kappa shape index (κ1) is 11.9. The predicted octanol–water partition coefficient (Wildman–Crippen LogP) is 2.00. The van der Waals surface area contributed by atoms with E-state index in [2.05, 4.69) is 9.97 Å². The van der Waals surface area contributed by atoms with E-state index in [9.17, 15) is 4.79 Å². The molecule has 0 saturated carbocycles. The molecule has 0 aliphatic rings. The molecule has 0 saturated heterocycles. The Morgan fingerprint density at radius 2 is 2.20 bits per heavy atom. The van der Waals surface area contributed by atoms with E-state index in [0.29, 0.717) is 12.2 Å². The highest BCUT2D eigenvalue weighted by molar-refractivity contribution is 6.29. The van der Waals surface area contributed by atoms with E-state index in [0.717, 1.165) is 13.0 Å². The summed E-state index contributed by atoms with van der Waals surface area (Å²) in [6.45, 7) is 5.36. The van der Waals surface area contributed by atoms with E-state index in [1.807, 2.05) is 13.8 Å². The number of nitrogens with zero attached hydrogens (tertiary/aromatic N) is 3. The molecule has 0 aliphatic heterocycles. The molecule has 0 aromatic carbocycles.